The molecule has 0 fully saturated rings. The fraction of sp³-hybridized carbons (Fsp3) is 0.778. The molecule has 1 aliphatic rings. The fourth-order valence-electron chi connectivity index (χ4n) is 12.4. The number of halogens is 1. The van der Waals surface area contributed by atoms with E-state index in [0.717, 1.165) is 10.3 Å². The first kappa shape index (κ1) is 42.7. The minimum absolute atomic E-state index is 0.397. The van der Waals surface area contributed by atoms with Crippen LogP contribution in [0.2, 0.25) is 148 Å². The third kappa shape index (κ3) is 8.20. The number of allylic oxidation sites excluding steroid dienone is 2. The monoisotopic (exact) mass is 858 g/mol. The molecule has 0 radical (unpaired) electrons. The van der Waals surface area contributed by atoms with Gasteiger partial charge in [-0.15, -0.1) is 0 Å². The van der Waals surface area contributed by atoms with Gasteiger partial charge in [0, 0.05) is 0 Å². The van der Waals surface area contributed by atoms with Gasteiger partial charge in [-0.25, -0.2) is 0 Å². The van der Waals surface area contributed by atoms with Gasteiger partial charge < -0.3 is 0 Å². The molecule has 45 heavy (non-hydrogen) atoms. The van der Waals surface area contributed by atoms with Gasteiger partial charge in [-0.05, 0) is 0 Å². The van der Waals surface area contributed by atoms with Crippen LogP contribution in [0.15, 0.2) is 23.3 Å². The van der Waals surface area contributed by atoms with Gasteiger partial charge in [0.05, 0.1) is 0 Å². The predicted octanol–water partition coefficient (Wildman–Crippen LogP) is 13.1. The second kappa shape index (κ2) is 12.9. The van der Waals surface area contributed by atoms with Crippen LogP contribution in [-0.4, -0.2) is 67.9 Å². The van der Waals surface area contributed by atoms with Gasteiger partial charge in [0.25, 0.3) is 0 Å². The van der Waals surface area contributed by atoms with Gasteiger partial charge >= 0.3 is 303 Å². The quantitative estimate of drug-likeness (QED) is 0.154. The Hall–Kier alpha value is 1.50. The standard InChI is InChI=1S/C36H77BrGeSi7/c1-28-26-38(37,27-29(28)2)33-31(34(39(3,4)5)40(6,7)8)24-30(25-32(33)35(41(9,10)11)42(12,13)14)36(43(15,16)17,44(18,19)20)45(21,22)23/h24-25,34-35H,26-27H2,1-23H3. The van der Waals surface area contributed by atoms with E-state index in [1.54, 1.807) is 11.1 Å². The summed E-state index contributed by atoms with van der Waals surface area (Å²) >= 11 is 2.19. The minimum atomic E-state index is -2.67. The molecule has 9 heteroatoms. The first-order valence-corrected chi connectivity index (χ1v) is 51.7. The summed E-state index contributed by atoms with van der Waals surface area (Å²) in [6, 6.07) is 6.02. The number of benzene rings is 1. The first-order chi connectivity index (χ1) is 19.5. The van der Waals surface area contributed by atoms with Crippen molar-refractivity contribution in [3.63, 3.8) is 0 Å². The number of hydrogen-bond acceptors (Lipinski definition) is 0. The van der Waals surface area contributed by atoms with Crippen molar-refractivity contribution in [3.05, 3.63) is 40.0 Å². The Morgan fingerprint density at radius 2 is 0.756 bits per heavy atom. The third-order valence-corrected chi connectivity index (χ3v) is 63.7. The van der Waals surface area contributed by atoms with Gasteiger partial charge in [0.2, 0.25) is 0 Å². The van der Waals surface area contributed by atoms with Gasteiger partial charge in [-0.3, -0.25) is 0 Å². The second-order valence-corrected chi connectivity index (χ2v) is 76.9. The van der Waals surface area contributed by atoms with E-state index in [2.05, 4.69) is 163 Å². The Balaban J connectivity index is 3.59. The summed E-state index contributed by atoms with van der Waals surface area (Å²) in [5.74, 6) is 0. The van der Waals surface area contributed by atoms with Crippen molar-refractivity contribution in [2.24, 2.45) is 0 Å². The van der Waals surface area contributed by atoms with Gasteiger partial charge in [-0.2, -0.15) is 0 Å². The van der Waals surface area contributed by atoms with Gasteiger partial charge in [0.15, 0.2) is 0 Å². The molecule has 0 amide bonds. The van der Waals surface area contributed by atoms with Crippen LogP contribution < -0.4 is 4.40 Å². The van der Waals surface area contributed by atoms with Crippen molar-refractivity contribution < 1.29 is 0 Å². The normalized spacial score (nSPS) is 18.1. The van der Waals surface area contributed by atoms with E-state index < -0.39 is 67.9 Å². The van der Waals surface area contributed by atoms with Crippen molar-refractivity contribution >= 4 is 86.3 Å². The van der Waals surface area contributed by atoms with Crippen LogP contribution in [0.5, 0.6) is 0 Å². The molecule has 0 saturated carbocycles. The van der Waals surface area contributed by atoms with Crippen molar-refractivity contribution in [2.75, 3.05) is 0 Å². The molecule has 2 rings (SSSR count). The summed E-state index contributed by atoms with van der Waals surface area (Å²) in [5, 5.41) is 4.24. The Kier molecular flexibility index (Phi) is 12.3. The summed E-state index contributed by atoms with van der Waals surface area (Å²) in [4.78, 5) is 0. The average molecular weight is 859 g/mol. The molecule has 0 aliphatic carbocycles. The summed E-state index contributed by atoms with van der Waals surface area (Å²) in [7, 11) is -11.3. The number of hydrogen-bond donors (Lipinski definition) is 0. The Labute approximate surface area is 300 Å². The van der Waals surface area contributed by atoms with E-state index in [0.29, 0.717) is 4.28 Å². The molecule has 0 unspecified atom stereocenters. The van der Waals surface area contributed by atoms with E-state index >= 15 is 0 Å². The van der Waals surface area contributed by atoms with Crippen LogP contribution in [0.4, 0.5) is 0 Å². The summed E-state index contributed by atoms with van der Waals surface area (Å²) in [5.41, 5.74) is 9.04. The van der Waals surface area contributed by atoms with Crippen LogP contribution in [0, 0.1) is 0 Å². The molecule has 1 aliphatic heterocycles. The SMILES string of the molecule is CC1=C(C)[CH2][Ge]([Br])([c]2c(C([Si](C)(C)C)[Si](C)(C)C)cc(C([Si](C)(C)C)([Si](C)(C)C)[Si](C)(C)C)cc2C([Si](C)(C)C)[Si](C)(C)C)[CH2]1. The molecular formula is C36H77BrGeSi7. The zero-order valence-electron chi connectivity index (χ0n) is 34.6. The van der Waals surface area contributed by atoms with Crippen LogP contribution in [-0.2, 0) is 4.28 Å². The number of rotatable bonds is 11. The van der Waals surface area contributed by atoms with Crippen molar-refractivity contribution in [2.45, 2.75) is 176 Å². The van der Waals surface area contributed by atoms with Crippen LogP contribution >= 0.6 is 14.0 Å². The Morgan fingerprint density at radius 1 is 0.511 bits per heavy atom. The molecule has 0 nitrogen and oxygen atoms in total. The second-order valence-electron chi connectivity index (χ2n) is 22.7. The van der Waals surface area contributed by atoms with Crippen molar-refractivity contribution in [1.82, 2.24) is 0 Å². The van der Waals surface area contributed by atoms with E-state index in [1.807, 2.05) is 21.1 Å². The molecule has 1 aromatic carbocycles. The molecule has 0 atom stereocenters. The third-order valence-electron chi connectivity index (χ3n) is 11.4. The molecule has 0 spiro atoms. The van der Waals surface area contributed by atoms with Gasteiger partial charge in [0.1, 0.15) is 0 Å². The average Bonchev–Trinajstić information content (AvgIpc) is 2.92. The molecular weight excluding hydrogens is 782 g/mol. The van der Waals surface area contributed by atoms with Crippen LogP contribution in [0.1, 0.15) is 40.9 Å². The summed E-state index contributed by atoms with van der Waals surface area (Å²) < 4.78 is 2.36. The van der Waals surface area contributed by atoms with Crippen molar-refractivity contribution in [1.29, 1.82) is 0 Å². The topological polar surface area (TPSA) is 0 Å². The first-order valence-electron chi connectivity index (χ1n) is 18.0. The molecule has 0 N–H and O–H groups in total. The zero-order chi connectivity index (χ0) is 35.9. The van der Waals surface area contributed by atoms with Crippen LogP contribution in [0.25, 0.3) is 0 Å². The van der Waals surface area contributed by atoms with E-state index in [9.17, 15) is 0 Å². The fourth-order valence-corrected chi connectivity index (χ4v) is 84.7. The van der Waals surface area contributed by atoms with E-state index in [-0.39, 0.29) is 0 Å². The molecule has 0 bridgehead atoms. The zero-order valence-corrected chi connectivity index (χ0v) is 45.3. The molecule has 1 aromatic rings. The summed E-state index contributed by atoms with van der Waals surface area (Å²) in [6.07, 6.45) is 0. The van der Waals surface area contributed by atoms with Crippen LogP contribution in [0.3, 0.4) is 0 Å². The maximum atomic E-state index is 4.87. The molecule has 0 aromatic heterocycles. The Morgan fingerprint density at radius 3 is 0.956 bits per heavy atom. The molecule has 260 valence electrons. The van der Waals surface area contributed by atoms with Gasteiger partial charge in [-0.1, -0.05) is 0 Å². The maximum absolute atomic E-state index is 4.87. The van der Waals surface area contributed by atoms with E-state index in [4.69, 9.17) is 14.0 Å². The van der Waals surface area contributed by atoms with E-state index in [1.165, 1.54) is 10.5 Å². The molecule has 1 heterocycles. The summed E-state index contributed by atoms with van der Waals surface area (Å²) in [6.45, 7) is 62.5. The Bertz CT molecular complexity index is 1150. The van der Waals surface area contributed by atoms with Crippen molar-refractivity contribution in [3.8, 4) is 0 Å². The molecule has 0 saturated heterocycles. The predicted molar refractivity (Wildman–Crippen MR) is 239 cm³/mol.